The van der Waals surface area contributed by atoms with Gasteiger partial charge in [0.1, 0.15) is 17.2 Å². The van der Waals surface area contributed by atoms with Crippen LogP contribution in [0.2, 0.25) is 0 Å². The summed E-state index contributed by atoms with van der Waals surface area (Å²) in [7, 11) is 0. The molecule has 0 saturated carbocycles. The minimum absolute atomic E-state index is 0.000147. The van der Waals surface area contributed by atoms with Crippen LogP contribution in [0.4, 0.5) is 46.5 Å². The second-order valence-electron chi connectivity index (χ2n) is 7.47. The van der Waals surface area contributed by atoms with Crippen LogP contribution in [0.3, 0.4) is 0 Å². The summed E-state index contributed by atoms with van der Waals surface area (Å²) in [5, 5.41) is 13.7. The van der Waals surface area contributed by atoms with Gasteiger partial charge in [0, 0.05) is 16.9 Å². The number of aromatic hydroxyl groups is 1. The number of hydrogen-bond donors (Lipinski definition) is 2. The molecule has 0 aliphatic carbocycles. The van der Waals surface area contributed by atoms with Crippen LogP contribution in [-0.4, -0.2) is 22.4 Å². The molecule has 0 spiro atoms. The lowest BCUT2D eigenvalue weighted by Crippen LogP contribution is -2.17. The van der Waals surface area contributed by atoms with E-state index in [-0.39, 0.29) is 28.3 Å². The highest BCUT2D eigenvalue weighted by atomic mass is 19.4. The number of aromatic nitrogens is 1. The molecule has 0 aliphatic heterocycles. The Morgan fingerprint density at radius 1 is 0.676 bits per heavy atom. The molecule has 5 nitrogen and oxygen atoms in total. The van der Waals surface area contributed by atoms with Crippen LogP contribution in [-0.2, 0) is 0 Å². The number of ether oxygens (including phenoxy) is 2. The van der Waals surface area contributed by atoms with Gasteiger partial charge in [-0.15, -0.1) is 26.3 Å². The second-order valence-corrected chi connectivity index (χ2v) is 7.47. The van der Waals surface area contributed by atoms with Crippen molar-refractivity contribution in [2.75, 3.05) is 5.32 Å². The number of anilines is 2. The van der Waals surface area contributed by atoms with Gasteiger partial charge in [0.05, 0.1) is 5.69 Å². The summed E-state index contributed by atoms with van der Waals surface area (Å²) in [6.07, 6.45) is -9.81. The lowest BCUT2D eigenvalue weighted by atomic mass is 10.1. The highest BCUT2D eigenvalue weighted by Gasteiger charge is 2.32. The third-order valence-corrected chi connectivity index (χ3v) is 4.89. The molecule has 1 aromatic heterocycles. The number of halogens is 8. The zero-order valence-electron chi connectivity index (χ0n) is 18.2. The fourth-order valence-corrected chi connectivity index (χ4v) is 3.41. The normalized spacial score (nSPS) is 11.9. The maximum atomic E-state index is 13.9. The smallest absolute Gasteiger partial charge is 0.493 e. The number of nitrogens with one attached hydrogen (secondary N) is 1. The monoisotopic (exact) mass is 530 g/mol. The number of benzene rings is 3. The van der Waals surface area contributed by atoms with Gasteiger partial charge < -0.3 is 19.9 Å². The fourth-order valence-electron chi connectivity index (χ4n) is 3.41. The molecule has 4 rings (SSSR count). The summed E-state index contributed by atoms with van der Waals surface area (Å²) in [4.78, 5) is 0. The zero-order valence-corrected chi connectivity index (χ0v) is 18.2. The minimum Gasteiger partial charge on any atom is -0.493 e. The maximum Gasteiger partial charge on any atom is 0.573 e. The Balaban J connectivity index is 1.73. The lowest BCUT2D eigenvalue weighted by molar-refractivity contribution is -0.275. The zero-order chi connectivity index (χ0) is 27.0. The first-order chi connectivity index (χ1) is 17.3. The molecule has 3 aromatic carbocycles. The Morgan fingerprint density at radius 3 is 1.73 bits per heavy atom. The third kappa shape index (κ3) is 6.23. The maximum absolute atomic E-state index is 13.9. The summed E-state index contributed by atoms with van der Waals surface area (Å²) < 4.78 is 111. The largest absolute Gasteiger partial charge is 0.573 e. The summed E-state index contributed by atoms with van der Waals surface area (Å²) in [5.41, 5.74) is 0.577. The van der Waals surface area contributed by atoms with Crippen LogP contribution in [0.1, 0.15) is 0 Å². The molecule has 2 N–H and O–H groups in total. The molecule has 0 unspecified atom stereocenters. The van der Waals surface area contributed by atoms with Gasteiger partial charge in [-0.2, -0.15) is 0 Å². The topological polar surface area (TPSA) is 55.6 Å². The molecule has 0 saturated heterocycles. The van der Waals surface area contributed by atoms with E-state index in [2.05, 4.69) is 14.8 Å². The van der Waals surface area contributed by atoms with E-state index >= 15 is 0 Å². The van der Waals surface area contributed by atoms with Crippen LogP contribution in [0.15, 0.2) is 72.8 Å². The van der Waals surface area contributed by atoms with E-state index in [1.165, 1.54) is 36.4 Å². The van der Waals surface area contributed by atoms with E-state index in [9.17, 15) is 40.2 Å². The molecule has 37 heavy (non-hydrogen) atoms. The van der Waals surface area contributed by atoms with E-state index < -0.39 is 41.7 Å². The Kier molecular flexibility index (Phi) is 6.63. The second kappa shape index (κ2) is 9.56. The van der Waals surface area contributed by atoms with Gasteiger partial charge in [0.25, 0.3) is 0 Å². The van der Waals surface area contributed by atoms with Crippen molar-refractivity contribution < 1.29 is 49.7 Å². The van der Waals surface area contributed by atoms with Gasteiger partial charge >= 0.3 is 12.7 Å². The summed E-state index contributed by atoms with van der Waals surface area (Å²) >= 11 is 0. The number of rotatable bonds is 6. The Morgan fingerprint density at radius 2 is 1.22 bits per heavy atom. The fraction of sp³-hybridized carbons (Fsp3) is 0.0833. The average molecular weight is 530 g/mol. The van der Waals surface area contributed by atoms with Crippen LogP contribution in [0.5, 0.6) is 17.4 Å². The van der Waals surface area contributed by atoms with Crippen LogP contribution in [0.25, 0.3) is 16.9 Å². The first-order valence-electron chi connectivity index (χ1n) is 10.2. The molecule has 0 atom stereocenters. The van der Waals surface area contributed by atoms with Crippen molar-refractivity contribution in [3.05, 3.63) is 84.4 Å². The molecule has 0 aliphatic rings. The molecule has 1 heterocycles. The van der Waals surface area contributed by atoms with Crippen molar-refractivity contribution in [2.24, 2.45) is 0 Å². The van der Waals surface area contributed by atoms with Crippen molar-refractivity contribution in [3.63, 3.8) is 0 Å². The van der Waals surface area contributed by atoms with Crippen molar-refractivity contribution in [3.8, 4) is 34.3 Å². The lowest BCUT2D eigenvalue weighted by Gasteiger charge is -2.13. The standard InChI is InChI=1S/C24H14F8N2O3/c25-18-10-1-13(11-19(18)26)21-12-20(33-14-2-6-16(7-3-14)36-23(27,28)29)22(35)34(21)15-4-8-17(9-5-15)37-24(30,31)32/h1-12,33,35H. The van der Waals surface area contributed by atoms with E-state index in [1.807, 2.05) is 0 Å². The van der Waals surface area contributed by atoms with E-state index in [0.717, 1.165) is 41.0 Å². The van der Waals surface area contributed by atoms with Crippen molar-refractivity contribution in [1.82, 2.24) is 4.57 Å². The number of alkyl halides is 6. The first-order valence-corrected chi connectivity index (χ1v) is 10.2. The van der Waals surface area contributed by atoms with Crippen molar-refractivity contribution in [2.45, 2.75) is 12.7 Å². The van der Waals surface area contributed by atoms with E-state index in [0.29, 0.717) is 0 Å². The molecule has 13 heteroatoms. The van der Waals surface area contributed by atoms with Crippen molar-refractivity contribution >= 4 is 11.4 Å². The number of hydrogen-bond acceptors (Lipinski definition) is 4. The quantitative estimate of drug-likeness (QED) is 0.251. The van der Waals surface area contributed by atoms with Gasteiger partial charge in [0.2, 0.25) is 5.88 Å². The number of nitrogens with zero attached hydrogens (tertiary/aromatic N) is 1. The molecule has 0 amide bonds. The third-order valence-electron chi connectivity index (χ3n) is 4.89. The Labute approximate surface area is 203 Å². The average Bonchev–Trinajstić information content (AvgIpc) is 3.11. The molecule has 194 valence electrons. The highest BCUT2D eigenvalue weighted by molar-refractivity contribution is 5.77. The van der Waals surface area contributed by atoms with Crippen LogP contribution >= 0.6 is 0 Å². The summed E-state index contributed by atoms with van der Waals surface area (Å²) in [6.45, 7) is 0. The molecule has 0 radical (unpaired) electrons. The van der Waals surface area contributed by atoms with E-state index in [1.54, 1.807) is 0 Å². The molecule has 0 bridgehead atoms. The van der Waals surface area contributed by atoms with Gasteiger partial charge in [-0.25, -0.2) is 8.78 Å². The highest BCUT2D eigenvalue weighted by Crippen LogP contribution is 2.40. The molecule has 0 fully saturated rings. The van der Waals surface area contributed by atoms with Gasteiger partial charge in [-0.3, -0.25) is 4.57 Å². The molecular formula is C24H14F8N2O3. The first kappa shape index (κ1) is 25.7. The predicted molar refractivity (Wildman–Crippen MR) is 116 cm³/mol. The summed E-state index contributed by atoms with van der Waals surface area (Å²) in [6, 6.07) is 13.2. The van der Waals surface area contributed by atoms with Gasteiger partial charge in [-0.05, 0) is 72.8 Å². The Bertz CT molecular complexity index is 1400. The minimum atomic E-state index is -4.92. The molecular weight excluding hydrogens is 516 g/mol. The Hall–Kier alpha value is -4.42. The SMILES string of the molecule is Oc1c(Nc2ccc(OC(F)(F)F)cc2)cc(-c2ccc(F)c(F)c2)n1-c1ccc(OC(F)(F)F)cc1. The van der Waals surface area contributed by atoms with Crippen molar-refractivity contribution in [1.29, 1.82) is 0 Å². The van der Waals surface area contributed by atoms with Crippen LogP contribution in [0, 0.1) is 11.6 Å². The van der Waals surface area contributed by atoms with E-state index in [4.69, 9.17) is 0 Å². The molecule has 4 aromatic rings. The van der Waals surface area contributed by atoms with Crippen LogP contribution < -0.4 is 14.8 Å². The predicted octanol–water partition coefficient (Wildman–Crippen LogP) is 7.67. The van der Waals surface area contributed by atoms with Gasteiger partial charge in [-0.1, -0.05) is 0 Å². The summed E-state index contributed by atoms with van der Waals surface area (Å²) in [5.74, 6) is -3.81. The van der Waals surface area contributed by atoms with Gasteiger partial charge in [0.15, 0.2) is 11.6 Å².